The minimum Gasteiger partial charge on any atom is -0.347 e. The summed E-state index contributed by atoms with van der Waals surface area (Å²) in [4.78, 5) is 4.46. The molecule has 17 heavy (non-hydrogen) atoms. The summed E-state index contributed by atoms with van der Waals surface area (Å²) < 4.78 is 12.1. The van der Waals surface area contributed by atoms with E-state index in [-0.39, 0.29) is 4.83 Å². The maximum Gasteiger partial charge on any atom is 0.229 e. The number of fused-ring (bicyclic) bond motifs is 1. The minimum absolute atomic E-state index is 0.0961. The van der Waals surface area contributed by atoms with E-state index < -0.39 is 5.79 Å². The molecule has 1 aromatic heterocycles. The Labute approximate surface area is 117 Å². The van der Waals surface area contributed by atoms with Gasteiger partial charge in [-0.15, -0.1) is 0 Å². The zero-order chi connectivity index (χ0) is 12.6. The number of alkyl halides is 1. The molecule has 3 nitrogen and oxygen atoms in total. The van der Waals surface area contributed by atoms with Crippen molar-refractivity contribution in [3.8, 4) is 0 Å². The van der Waals surface area contributed by atoms with Crippen molar-refractivity contribution in [3.05, 3.63) is 35.2 Å². The summed E-state index contributed by atoms with van der Waals surface area (Å²) in [5.41, 5.74) is 2.72. The van der Waals surface area contributed by atoms with Crippen molar-refractivity contribution in [1.82, 2.24) is 4.98 Å². The second-order valence-corrected chi connectivity index (χ2v) is 5.68. The number of ether oxygens (including phenoxy) is 2. The van der Waals surface area contributed by atoms with Crippen LogP contribution in [0.1, 0.15) is 17.0 Å². The normalized spacial score (nSPS) is 21.9. The highest BCUT2D eigenvalue weighted by Gasteiger charge is 2.45. The van der Waals surface area contributed by atoms with Crippen molar-refractivity contribution in [2.24, 2.45) is 0 Å². The van der Waals surface area contributed by atoms with Gasteiger partial charge < -0.3 is 9.47 Å². The van der Waals surface area contributed by atoms with Crippen LogP contribution in [0.4, 0.5) is 0 Å². The number of pyridine rings is 1. The highest BCUT2D eigenvalue weighted by Crippen LogP contribution is 2.44. The van der Waals surface area contributed by atoms with Crippen LogP contribution >= 0.6 is 31.9 Å². The lowest BCUT2D eigenvalue weighted by Gasteiger charge is -2.37. The largest absolute Gasteiger partial charge is 0.347 e. The molecule has 5 heteroatoms. The molecule has 0 spiro atoms. The van der Waals surface area contributed by atoms with Crippen LogP contribution in [0.3, 0.4) is 0 Å². The molecule has 1 aliphatic rings. The molecule has 2 rings (SSSR count). The van der Waals surface area contributed by atoms with E-state index in [0.717, 1.165) is 21.4 Å². The molecule has 0 amide bonds. The first-order valence-corrected chi connectivity index (χ1v) is 6.86. The Balaban J connectivity index is 2.70. The van der Waals surface area contributed by atoms with Gasteiger partial charge >= 0.3 is 0 Å². The van der Waals surface area contributed by atoms with Gasteiger partial charge in [-0.3, -0.25) is 4.98 Å². The van der Waals surface area contributed by atoms with E-state index >= 15 is 0 Å². The molecule has 0 saturated carbocycles. The van der Waals surface area contributed by atoms with Crippen LogP contribution in [0.2, 0.25) is 0 Å². The third-order valence-corrected chi connectivity index (χ3v) is 4.44. The molecule has 0 bridgehead atoms. The molecule has 0 fully saturated rings. The van der Waals surface area contributed by atoms with Crippen LogP contribution in [0.15, 0.2) is 18.2 Å². The summed E-state index contributed by atoms with van der Waals surface area (Å²) in [6.45, 7) is 1.95. The predicted octanol–water partition coefficient (Wildman–Crippen LogP) is 3.35. The molecule has 1 atom stereocenters. The molecule has 92 valence electrons. The zero-order valence-corrected chi connectivity index (χ0v) is 13.0. The molecule has 0 saturated heterocycles. The summed E-state index contributed by atoms with van der Waals surface area (Å²) >= 11 is 7.11. The van der Waals surface area contributed by atoms with Gasteiger partial charge in [0.05, 0.1) is 4.83 Å². The van der Waals surface area contributed by atoms with Gasteiger partial charge in [-0.1, -0.05) is 44.0 Å². The first kappa shape index (κ1) is 13.2. The van der Waals surface area contributed by atoms with Gasteiger partial charge in [0.25, 0.3) is 0 Å². The molecule has 0 radical (unpaired) electrons. The summed E-state index contributed by atoms with van der Waals surface area (Å²) in [7, 11) is 3.25. The highest BCUT2D eigenvalue weighted by atomic mass is 79.9. The molecule has 0 N–H and O–H groups in total. The Kier molecular flexibility index (Phi) is 3.73. The van der Waals surface area contributed by atoms with Gasteiger partial charge in [-0.05, 0) is 13.0 Å². The van der Waals surface area contributed by atoms with Crippen molar-refractivity contribution < 1.29 is 9.47 Å². The van der Waals surface area contributed by atoms with E-state index in [1.165, 1.54) is 0 Å². The maximum absolute atomic E-state index is 5.57. The first-order chi connectivity index (χ1) is 8.05. The van der Waals surface area contributed by atoms with E-state index in [1.807, 2.05) is 25.1 Å². The molecule has 1 aromatic rings. The summed E-state index contributed by atoms with van der Waals surface area (Å²) in [5, 5.41) is 0. The Bertz CT molecular complexity index is 470. The third kappa shape index (κ3) is 1.99. The number of methoxy groups -OCH3 is 2. The zero-order valence-electron chi connectivity index (χ0n) is 9.83. The van der Waals surface area contributed by atoms with E-state index in [2.05, 4.69) is 36.8 Å². The summed E-state index contributed by atoms with van der Waals surface area (Å²) in [6, 6.07) is 3.99. The number of aromatic nitrogens is 1. The Hall–Kier alpha value is -0.230. The summed E-state index contributed by atoms with van der Waals surface area (Å²) in [5.74, 6) is -0.876. The average Bonchev–Trinajstić information content (AvgIpc) is 2.30. The third-order valence-electron chi connectivity index (χ3n) is 2.88. The average molecular weight is 363 g/mol. The van der Waals surface area contributed by atoms with Crippen LogP contribution in [0.5, 0.6) is 0 Å². The van der Waals surface area contributed by atoms with E-state index in [0.29, 0.717) is 0 Å². The molecule has 1 heterocycles. The number of aryl methyl sites for hydroxylation is 1. The fourth-order valence-corrected chi connectivity index (χ4v) is 3.77. The number of hydrogen-bond donors (Lipinski definition) is 0. The lowest BCUT2D eigenvalue weighted by atomic mass is 9.96. The van der Waals surface area contributed by atoms with Crippen molar-refractivity contribution in [3.63, 3.8) is 0 Å². The lowest BCUT2D eigenvalue weighted by molar-refractivity contribution is -0.211. The number of rotatable bonds is 2. The van der Waals surface area contributed by atoms with Crippen molar-refractivity contribution in [1.29, 1.82) is 0 Å². The van der Waals surface area contributed by atoms with Gasteiger partial charge in [0, 0.05) is 30.0 Å². The number of hydrogen-bond acceptors (Lipinski definition) is 3. The van der Waals surface area contributed by atoms with Crippen molar-refractivity contribution in [2.45, 2.75) is 17.5 Å². The number of nitrogens with zero attached hydrogens (tertiary/aromatic N) is 1. The van der Waals surface area contributed by atoms with E-state index in [9.17, 15) is 0 Å². The summed E-state index contributed by atoms with van der Waals surface area (Å²) in [6.07, 6.45) is 2.01. The van der Waals surface area contributed by atoms with Gasteiger partial charge in [0.1, 0.15) is 5.69 Å². The van der Waals surface area contributed by atoms with Crippen LogP contribution < -0.4 is 0 Å². The molecule has 0 aliphatic heterocycles. The van der Waals surface area contributed by atoms with E-state index in [1.54, 1.807) is 14.2 Å². The quantitative estimate of drug-likeness (QED) is 0.597. The molecule has 1 aliphatic carbocycles. The highest BCUT2D eigenvalue weighted by molar-refractivity contribution is 9.15. The molecular weight excluding hydrogens is 350 g/mol. The Morgan fingerprint density at radius 2 is 1.94 bits per heavy atom. The Morgan fingerprint density at radius 1 is 1.29 bits per heavy atom. The predicted molar refractivity (Wildman–Crippen MR) is 74.3 cm³/mol. The molecule has 0 aromatic carbocycles. The monoisotopic (exact) mass is 361 g/mol. The minimum atomic E-state index is -0.876. The van der Waals surface area contributed by atoms with Crippen LogP contribution in [0.25, 0.3) is 4.48 Å². The van der Waals surface area contributed by atoms with Crippen molar-refractivity contribution in [2.75, 3.05) is 14.2 Å². The SMILES string of the molecule is COC1(OC)c2nc(C)ccc2C(Br)=C[C@@H]1Br. The smallest absolute Gasteiger partial charge is 0.229 e. The Morgan fingerprint density at radius 3 is 2.53 bits per heavy atom. The first-order valence-electron chi connectivity index (χ1n) is 5.15. The molecular formula is C12H13Br2NO2. The van der Waals surface area contributed by atoms with E-state index in [4.69, 9.17) is 9.47 Å². The van der Waals surface area contributed by atoms with Crippen LogP contribution in [-0.4, -0.2) is 24.0 Å². The van der Waals surface area contributed by atoms with Gasteiger partial charge in [-0.2, -0.15) is 0 Å². The molecule has 0 unspecified atom stereocenters. The second-order valence-electron chi connectivity index (χ2n) is 3.84. The lowest BCUT2D eigenvalue weighted by Crippen LogP contribution is -2.42. The standard InChI is InChI=1S/C12H13Br2NO2/c1-7-4-5-8-9(13)6-10(14)12(16-2,17-3)11(8)15-7/h4-6,10H,1-3H3/t10-/m0/s1. The van der Waals surface area contributed by atoms with Crippen LogP contribution in [0, 0.1) is 6.92 Å². The maximum atomic E-state index is 5.57. The van der Waals surface area contributed by atoms with Gasteiger partial charge in [0.15, 0.2) is 0 Å². The van der Waals surface area contributed by atoms with Gasteiger partial charge in [0.2, 0.25) is 5.79 Å². The number of halogens is 2. The van der Waals surface area contributed by atoms with Crippen LogP contribution in [-0.2, 0) is 15.3 Å². The fraction of sp³-hybridized carbons (Fsp3) is 0.417. The van der Waals surface area contributed by atoms with Gasteiger partial charge in [-0.25, -0.2) is 0 Å². The second kappa shape index (κ2) is 4.80. The topological polar surface area (TPSA) is 31.4 Å². The van der Waals surface area contributed by atoms with Crippen molar-refractivity contribution >= 4 is 36.3 Å². The fourth-order valence-electron chi connectivity index (χ4n) is 1.98.